The average molecular weight is 258 g/mol. The van der Waals surface area contributed by atoms with Gasteiger partial charge in [0.05, 0.1) is 16.5 Å². The SMILES string of the molecule is CC1(C)[C@@H](O)[C@@]2(Br)CC[C@]1(CC#N)C2. The number of hydrogen-bond acceptors (Lipinski definition) is 2. The van der Waals surface area contributed by atoms with E-state index in [4.69, 9.17) is 5.26 Å². The molecule has 3 atom stereocenters. The summed E-state index contributed by atoms with van der Waals surface area (Å²) in [4.78, 5) is 0. The van der Waals surface area contributed by atoms with Gasteiger partial charge in [0.25, 0.3) is 0 Å². The van der Waals surface area contributed by atoms with Crippen molar-refractivity contribution in [3.8, 4) is 6.07 Å². The van der Waals surface area contributed by atoms with E-state index in [1.54, 1.807) is 0 Å². The molecule has 2 aliphatic rings. The molecule has 0 amide bonds. The maximum absolute atomic E-state index is 10.2. The van der Waals surface area contributed by atoms with Crippen molar-refractivity contribution in [3.63, 3.8) is 0 Å². The number of halogens is 1. The Labute approximate surface area is 93.4 Å². The molecule has 2 fully saturated rings. The van der Waals surface area contributed by atoms with Gasteiger partial charge in [-0.2, -0.15) is 5.26 Å². The van der Waals surface area contributed by atoms with Crippen LogP contribution < -0.4 is 0 Å². The predicted octanol–water partition coefficient (Wildman–Crippen LogP) is 2.60. The number of rotatable bonds is 1. The first-order chi connectivity index (χ1) is 6.38. The molecule has 0 saturated heterocycles. The van der Waals surface area contributed by atoms with Gasteiger partial charge in [0, 0.05) is 6.42 Å². The first kappa shape index (κ1) is 10.4. The lowest BCUT2D eigenvalue weighted by Crippen LogP contribution is -2.46. The summed E-state index contributed by atoms with van der Waals surface area (Å²) in [6, 6.07) is 2.29. The number of nitriles is 1. The maximum atomic E-state index is 10.2. The number of nitrogens with zero attached hydrogens (tertiary/aromatic N) is 1. The highest BCUT2D eigenvalue weighted by atomic mass is 79.9. The van der Waals surface area contributed by atoms with E-state index in [9.17, 15) is 5.11 Å². The quantitative estimate of drug-likeness (QED) is 0.735. The van der Waals surface area contributed by atoms with Gasteiger partial charge in [0.15, 0.2) is 0 Å². The van der Waals surface area contributed by atoms with Crippen molar-refractivity contribution in [2.45, 2.75) is 50.0 Å². The molecule has 14 heavy (non-hydrogen) atoms. The topological polar surface area (TPSA) is 44.0 Å². The standard InChI is InChI=1S/C11H16BrNO/c1-9(2)8(14)11(12)4-3-10(9,7-11)5-6-13/h8,14H,3-5,7H2,1-2H3/t8-,10+,11-/m1/s1. The minimum absolute atomic E-state index is 0.0324. The molecule has 0 spiro atoms. The van der Waals surface area contributed by atoms with Crippen LogP contribution in [0.1, 0.15) is 39.5 Å². The zero-order valence-electron chi connectivity index (χ0n) is 8.68. The summed E-state index contributed by atoms with van der Waals surface area (Å²) in [5.41, 5.74) is -0.102. The maximum Gasteiger partial charge on any atom is 0.0749 e. The number of alkyl halides is 1. The van der Waals surface area contributed by atoms with E-state index in [0.717, 1.165) is 19.3 Å². The van der Waals surface area contributed by atoms with Crippen molar-refractivity contribution in [3.05, 3.63) is 0 Å². The van der Waals surface area contributed by atoms with E-state index in [2.05, 4.69) is 35.8 Å². The lowest BCUT2D eigenvalue weighted by Gasteiger charge is -2.44. The highest BCUT2D eigenvalue weighted by Gasteiger charge is 2.68. The molecule has 78 valence electrons. The molecule has 0 unspecified atom stereocenters. The van der Waals surface area contributed by atoms with E-state index >= 15 is 0 Å². The molecule has 0 radical (unpaired) electrons. The van der Waals surface area contributed by atoms with Crippen molar-refractivity contribution in [1.29, 1.82) is 5.26 Å². The Bertz CT molecular complexity index is 309. The summed E-state index contributed by atoms with van der Waals surface area (Å²) in [6.45, 7) is 4.19. The molecule has 2 aliphatic carbocycles. The van der Waals surface area contributed by atoms with Gasteiger partial charge in [-0.25, -0.2) is 0 Å². The molecule has 0 aromatic heterocycles. The summed E-state index contributed by atoms with van der Waals surface area (Å²) in [5.74, 6) is 0. The van der Waals surface area contributed by atoms with Gasteiger partial charge in [-0.1, -0.05) is 29.8 Å². The van der Waals surface area contributed by atoms with Crippen molar-refractivity contribution < 1.29 is 5.11 Å². The van der Waals surface area contributed by atoms with E-state index < -0.39 is 0 Å². The van der Waals surface area contributed by atoms with Crippen LogP contribution in [0.2, 0.25) is 0 Å². The predicted molar refractivity (Wildman–Crippen MR) is 58.0 cm³/mol. The van der Waals surface area contributed by atoms with Crippen LogP contribution in [0.25, 0.3) is 0 Å². The van der Waals surface area contributed by atoms with Crippen molar-refractivity contribution in [1.82, 2.24) is 0 Å². The van der Waals surface area contributed by atoms with Crippen molar-refractivity contribution in [2.24, 2.45) is 10.8 Å². The largest absolute Gasteiger partial charge is 0.391 e. The molecule has 2 rings (SSSR count). The summed E-state index contributed by atoms with van der Waals surface area (Å²) >= 11 is 3.67. The molecule has 0 heterocycles. The second-order valence-corrected chi connectivity index (χ2v) is 7.03. The fourth-order valence-electron chi connectivity index (χ4n) is 3.44. The third-order valence-electron chi connectivity index (χ3n) is 4.61. The monoisotopic (exact) mass is 257 g/mol. The molecule has 0 aliphatic heterocycles. The molecule has 1 N–H and O–H groups in total. The van der Waals surface area contributed by atoms with Crippen LogP contribution in [0.5, 0.6) is 0 Å². The van der Waals surface area contributed by atoms with Crippen LogP contribution in [0.3, 0.4) is 0 Å². The molecule has 2 nitrogen and oxygen atoms in total. The average Bonchev–Trinajstić information content (AvgIpc) is 2.50. The third-order valence-corrected chi connectivity index (χ3v) is 5.72. The molecular formula is C11H16BrNO. The van der Waals surface area contributed by atoms with Crippen LogP contribution >= 0.6 is 15.9 Å². The number of aliphatic hydroxyl groups excluding tert-OH is 1. The fraction of sp³-hybridized carbons (Fsp3) is 0.909. The lowest BCUT2D eigenvalue weighted by atomic mass is 9.62. The van der Waals surface area contributed by atoms with Gasteiger partial charge in [0.2, 0.25) is 0 Å². The van der Waals surface area contributed by atoms with E-state index in [1.807, 2.05) is 0 Å². The second kappa shape index (κ2) is 2.74. The van der Waals surface area contributed by atoms with Crippen LogP contribution in [0.15, 0.2) is 0 Å². The highest BCUT2D eigenvalue weighted by Crippen LogP contribution is 2.69. The molecule has 0 aromatic carbocycles. The van der Waals surface area contributed by atoms with Crippen molar-refractivity contribution in [2.75, 3.05) is 0 Å². The van der Waals surface area contributed by atoms with Crippen molar-refractivity contribution >= 4 is 15.9 Å². The molecule has 2 saturated carbocycles. The first-order valence-electron chi connectivity index (χ1n) is 5.12. The highest BCUT2D eigenvalue weighted by molar-refractivity contribution is 9.10. The summed E-state index contributed by atoms with van der Waals surface area (Å²) < 4.78 is -0.118. The number of fused-ring (bicyclic) bond motifs is 2. The second-order valence-electron chi connectivity index (χ2n) is 5.45. The Morgan fingerprint density at radius 3 is 2.57 bits per heavy atom. The Balaban J connectivity index is 2.42. The smallest absolute Gasteiger partial charge is 0.0749 e. The minimum Gasteiger partial charge on any atom is -0.391 e. The molecular weight excluding hydrogens is 242 g/mol. The lowest BCUT2D eigenvalue weighted by molar-refractivity contribution is -0.0282. The fourth-order valence-corrected chi connectivity index (χ4v) is 4.74. The third kappa shape index (κ3) is 0.991. The zero-order valence-corrected chi connectivity index (χ0v) is 10.3. The Morgan fingerprint density at radius 2 is 2.14 bits per heavy atom. The summed E-state index contributed by atoms with van der Waals surface area (Å²) in [5, 5.41) is 19.1. The van der Waals surface area contributed by atoms with Crippen LogP contribution in [0, 0.1) is 22.2 Å². The normalized spacial score (nSPS) is 49.2. The molecule has 0 aromatic rings. The Hall–Kier alpha value is -0.0700. The first-order valence-corrected chi connectivity index (χ1v) is 5.91. The van der Waals surface area contributed by atoms with Gasteiger partial charge >= 0.3 is 0 Å². The Kier molecular flexibility index (Phi) is 2.04. The van der Waals surface area contributed by atoms with Crippen LogP contribution in [0.4, 0.5) is 0 Å². The zero-order chi connectivity index (χ0) is 10.6. The number of hydrogen-bond donors (Lipinski definition) is 1. The van der Waals surface area contributed by atoms with Gasteiger partial charge < -0.3 is 5.11 Å². The summed E-state index contributed by atoms with van der Waals surface area (Å²) in [7, 11) is 0. The van der Waals surface area contributed by atoms with Gasteiger partial charge in [-0.15, -0.1) is 0 Å². The van der Waals surface area contributed by atoms with Gasteiger partial charge in [-0.3, -0.25) is 0 Å². The van der Waals surface area contributed by atoms with Crippen LogP contribution in [-0.4, -0.2) is 15.5 Å². The van der Waals surface area contributed by atoms with Gasteiger partial charge in [-0.05, 0) is 30.1 Å². The minimum atomic E-state index is -0.322. The van der Waals surface area contributed by atoms with E-state index in [-0.39, 0.29) is 21.3 Å². The summed E-state index contributed by atoms with van der Waals surface area (Å²) in [6.07, 6.45) is 3.26. The molecule has 2 bridgehead atoms. The van der Waals surface area contributed by atoms with Crippen LogP contribution in [-0.2, 0) is 0 Å². The van der Waals surface area contributed by atoms with E-state index in [1.165, 1.54) is 0 Å². The number of aliphatic hydroxyl groups is 1. The molecule has 3 heteroatoms. The van der Waals surface area contributed by atoms with Gasteiger partial charge in [0.1, 0.15) is 0 Å². The Morgan fingerprint density at radius 1 is 1.50 bits per heavy atom. The van der Waals surface area contributed by atoms with E-state index in [0.29, 0.717) is 6.42 Å².